The Balaban J connectivity index is 1.59. The third kappa shape index (κ3) is 4.07. The number of halogens is 1. The summed E-state index contributed by atoms with van der Waals surface area (Å²) in [4.78, 5) is 2.27. The highest BCUT2D eigenvalue weighted by molar-refractivity contribution is 6.31. The molecule has 6 nitrogen and oxygen atoms in total. The quantitative estimate of drug-likeness (QED) is 0.598. The number of aliphatic hydroxyl groups is 4. The van der Waals surface area contributed by atoms with Crippen LogP contribution >= 0.6 is 11.6 Å². The van der Waals surface area contributed by atoms with E-state index >= 15 is 0 Å². The molecule has 0 amide bonds. The molecule has 7 heteroatoms. The fraction of sp³-hybridized carbons (Fsp3) is 0.455. The lowest BCUT2D eigenvalue weighted by Gasteiger charge is -2.40. The number of hydrogen-bond donors (Lipinski definition) is 4. The smallest absolute Gasteiger partial charge is 0.113 e. The molecule has 2 aromatic carbocycles. The SMILES string of the molecule is CN1Cc2ccc(Cc3cc([C@@H]4O[C@H](CO)[C@@H](O)[C@H](O)[C@H]4O)ccc3Cl)cc2C1. The number of hydrogen-bond acceptors (Lipinski definition) is 6. The lowest BCUT2D eigenvalue weighted by Crippen LogP contribution is -2.55. The predicted octanol–water partition coefficient (Wildman–Crippen LogP) is 1.39. The average molecular weight is 420 g/mol. The molecule has 0 aliphatic carbocycles. The van der Waals surface area contributed by atoms with Gasteiger partial charge in [-0.15, -0.1) is 0 Å². The maximum atomic E-state index is 10.4. The van der Waals surface area contributed by atoms with Gasteiger partial charge in [-0.25, -0.2) is 0 Å². The summed E-state index contributed by atoms with van der Waals surface area (Å²) >= 11 is 6.43. The van der Waals surface area contributed by atoms with Crippen molar-refractivity contribution in [3.8, 4) is 0 Å². The Morgan fingerprint density at radius 1 is 1.00 bits per heavy atom. The Bertz CT molecular complexity index is 890. The van der Waals surface area contributed by atoms with Gasteiger partial charge in [0.1, 0.15) is 30.5 Å². The molecule has 1 fully saturated rings. The number of nitrogens with zero attached hydrogens (tertiary/aromatic N) is 1. The normalized spacial score (nSPS) is 29.8. The number of ether oxygens (including phenoxy) is 1. The summed E-state index contributed by atoms with van der Waals surface area (Å²) in [6, 6.07) is 11.8. The van der Waals surface area contributed by atoms with Crippen molar-refractivity contribution in [2.75, 3.05) is 13.7 Å². The number of benzene rings is 2. The fourth-order valence-electron chi connectivity index (χ4n) is 4.23. The van der Waals surface area contributed by atoms with Crippen molar-refractivity contribution in [3.05, 3.63) is 69.2 Å². The van der Waals surface area contributed by atoms with Crippen LogP contribution < -0.4 is 0 Å². The highest BCUT2D eigenvalue weighted by Gasteiger charge is 2.44. The van der Waals surface area contributed by atoms with Gasteiger partial charge in [-0.1, -0.05) is 41.9 Å². The monoisotopic (exact) mass is 419 g/mol. The van der Waals surface area contributed by atoms with Crippen LogP contribution in [0.2, 0.25) is 5.02 Å². The molecule has 4 rings (SSSR count). The molecule has 2 aromatic rings. The summed E-state index contributed by atoms with van der Waals surface area (Å²) in [7, 11) is 2.10. The van der Waals surface area contributed by atoms with Crippen LogP contribution in [-0.2, 0) is 24.2 Å². The zero-order valence-electron chi connectivity index (χ0n) is 16.2. The molecular formula is C22H26ClNO5. The molecular weight excluding hydrogens is 394 g/mol. The Hall–Kier alpha value is -1.51. The summed E-state index contributed by atoms with van der Waals surface area (Å²) in [5.41, 5.74) is 5.34. The van der Waals surface area contributed by atoms with E-state index in [0.29, 0.717) is 17.0 Å². The van der Waals surface area contributed by atoms with Gasteiger partial charge in [0.2, 0.25) is 0 Å². The molecule has 0 bridgehead atoms. The first-order valence-corrected chi connectivity index (χ1v) is 10.1. The van der Waals surface area contributed by atoms with Crippen molar-refractivity contribution in [3.63, 3.8) is 0 Å². The van der Waals surface area contributed by atoms with Crippen molar-refractivity contribution in [1.82, 2.24) is 4.90 Å². The standard InChI is InChI=1S/C22H26ClNO5/c1-24-9-14-3-2-12(7-16(14)10-24)6-15-8-13(4-5-17(15)23)22-21(28)20(27)19(26)18(11-25)29-22/h2-5,7-8,18-22,25-28H,6,9-11H2,1H3/t18-,19-,20+,21-,22+/m1/s1. The summed E-state index contributed by atoms with van der Waals surface area (Å²) in [5, 5.41) is 40.5. The third-order valence-corrected chi connectivity index (χ3v) is 6.21. The summed E-state index contributed by atoms with van der Waals surface area (Å²) < 4.78 is 5.68. The minimum absolute atomic E-state index is 0.453. The highest BCUT2D eigenvalue weighted by atomic mass is 35.5. The summed E-state index contributed by atoms with van der Waals surface area (Å²) in [6.45, 7) is 1.44. The zero-order chi connectivity index (χ0) is 20.7. The van der Waals surface area contributed by atoms with Crippen LogP contribution in [0.1, 0.15) is 33.9 Å². The third-order valence-electron chi connectivity index (χ3n) is 5.84. The molecule has 0 radical (unpaired) electrons. The molecule has 156 valence electrons. The number of fused-ring (bicyclic) bond motifs is 1. The maximum absolute atomic E-state index is 10.4. The van der Waals surface area contributed by atoms with Gasteiger partial charge in [-0.2, -0.15) is 0 Å². The van der Waals surface area contributed by atoms with E-state index in [1.165, 1.54) is 11.1 Å². The predicted molar refractivity (Wildman–Crippen MR) is 109 cm³/mol. The minimum atomic E-state index is -1.40. The van der Waals surface area contributed by atoms with Crippen LogP contribution in [0.15, 0.2) is 36.4 Å². The number of aliphatic hydroxyl groups excluding tert-OH is 4. The number of rotatable bonds is 4. The molecule has 0 unspecified atom stereocenters. The van der Waals surface area contributed by atoms with Crippen molar-refractivity contribution in [1.29, 1.82) is 0 Å². The van der Waals surface area contributed by atoms with Gasteiger partial charge in [-0.3, -0.25) is 4.90 Å². The summed E-state index contributed by atoms with van der Waals surface area (Å²) in [5.74, 6) is 0. The second-order valence-electron chi connectivity index (χ2n) is 8.05. The average Bonchev–Trinajstić information content (AvgIpc) is 3.07. The largest absolute Gasteiger partial charge is 0.394 e. The lowest BCUT2D eigenvalue weighted by atomic mass is 9.90. The van der Waals surface area contributed by atoms with E-state index in [4.69, 9.17) is 16.3 Å². The van der Waals surface area contributed by atoms with E-state index in [1.54, 1.807) is 12.1 Å². The van der Waals surface area contributed by atoms with Crippen LogP contribution in [0.25, 0.3) is 0 Å². The Morgan fingerprint density at radius 2 is 1.76 bits per heavy atom. The van der Waals surface area contributed by atoms with Crippen LogP contribution in [0.4, 0.5) is 0 Å². The van der Waals surface area contributed by atoms with Crippen molar-refractivity contribution < 1.29 is 25.2 Å². The molecule has 0 aromatic heterocycles. The van der Waals surface area contributed by atoms with E-state index in [-0.39, 0.29) is 0 Å². The van der Waals surface area contributed by atoms with Crippen LogP contribution in [-0.4, -0.2) is 63.4 Å². The van der Waals surface area contributed by atoms with Gasteiger partial charge in [0.05, 0.1) is 6.61 Å². The van der Waals surface area contributed by atoms with Gasteiger partial charge in [0.25, 0.3) is 0 Å². The minimum Gasteiger partial charge on any atom is -0.394 e. The molecule has 0 saturated carbocycles. The second-order valence-corrected chi connectivity index (χ2v) is 8.46. The first-order valence-electron chi connectivity index (χ1n) is 9.75. The lowest BCUT2D eigenvalue weighted by molar-refractivity contribution is -0.231. The Labute approximate surface area is 174 Å². The van der Waals surface area contributed by atoms with E-state index in [2.05, 4.69) is 30.1 Å². The Morgan fingerprint density at radius 3 is 2.52 bits per heavy atom. The highest BCUT2D eigenvalue weighted by Crippen LogP contribution is 2.34. The van der Waals surface area contributed by atoms with Gasteiger partial charge in [0, 0.05) is 18.1 Å². The Kier molecular flexibility index (Phi) is 5.95. The van der Waals surface area contributed by atoms with E-state index in [0.717, 1.165) is 24.2 Å². The summed E-state index contributed by atoms with van der Waals surface area (Å²) in [6.07, 6.45) is -5.26. The molecule has 2 aliphatic heterocycles. The van der Waals surface area contributed by atoms with Crippen LogP contribution in [0.3, 0.4) is 0 Å². The van der Waals surface area contributed by atoms with Crippen molar-refractivity contribution >= 4 is 11.6 Å². The molecule has 5 atom stereocenters. The van der Waals surface area contributed by atoms with Gasteiger partial charge >= 0.3 is 0 Å². The topological polar surface area (TPSA) is 93.4 Å². The first kappa shape index (κ1) is 20.8. The van der Waals surface area contributed by atoms with Gasteiger partial charge < -0.3 is 25.2 Å². The first-order chi connectivity index (χ1) is 13.9. The van der Waals surface area contributed by atoms with Crippen LogP contribution in [0, 0.1) is 0 Å². The molecule has 0 spiro atoms. The van der Waals surface area contributed by atoms with Crippen molar-refractivity contribution in [2.45, 2.75) is 50.0 Å². The molecule has 1 saturated heterocycles. The van der Waals surface area contributed by atoms with E-state index in [1.807, 2.05) is 6.07 Å². The molecule has 29 heavy (non-hydrogen) atoms. The van der Waals surface area contributed by atoms with E-state index < -0.39 is 37.1 Å². The molecule has 2 heterocycles. The fourth-order valence-corrected chi connectivity index (χ4v) is 4.42. The zero-order valence-corrected chi connectivity index (χ0v) is 17.0. The molecule has 2 aliphatic rings. The van der Waals surface area contributed by atoms with Crippen LogP contribution in [0.5, 0.6) is 0 Å². The molecule has 4 N–H and O–H groups in total. The van der Waals surface area contributed by atoms with Crippen molar-refractivity contribution in [2.24, 2.45) is 0 Å². The second kappa shape index (κ2) is 8.32. The van der Waals surface area contributed by atoms with E-state index in [9.17, 15) is 20.4 Å². The van der Waals surface area contributed by atoms with Gasteiger partial charge in [-0.05, 0) is 47.4 Å². The maximum Gasteiger partial charge on any atom is 0.113 e. The van der Waals surface area contributed by atoms with Gasteiger partial charge in [0.15, 0.2) is 0 Å².